The normalized spacial score (nSPS) is 15.5. The summed E-state index contributed by atoms with van der Waals surface area (Å²) in [5.74, 6) is 0.330. The molecule has 0 radical (unpaired) electrons. The molecule has 1 aliphatic heterocycles. The van der Waals surface area contributed by atoms with Gasteiger partial charge in [-0.25, -0.2) is 4.79 Å². The second-order valence-electron chi connectivity index (χ2n) is 6.18. The Hall–Kier alpha value is -2.71. The number of imide groups is 1. The van der Waals surface area contributed by atoms with Crippen molar-refractivity contribution in [3.05, 3.63) is 54.2 Å². The molecular weight excluding hydrogens is 334 g/mol. The van der Waals surface area contributed by atoms with Crippen molar-refractivity contribution >= 4 is 11.9 Å². The minimum atomic E-state index is -0.514. The molecule has 3 heterocycles. The van der Waals surface area contributed by atoms with Crippen LogP contribution in [0.5, 0.6) is 0 Å². The molecule has 0 aromatic carbocycles. The summed E-state index contributed by atoms with van der Waals surface area (Å²) >= 11 is 0. The van der Waals surface area contributed by atoms with Crippen LogP contribution in [0.4, 0.5) is 4.79 Å². The number of amides is 3. The molecule has 1 saturated heterocycles. The van der Waals surface area contributed by atoms with E-state index in [0.717, 1.165) is 38.4 Å². The largest absolute Gasteiger partial charge is 0.467 e. The number of carbonyl (C=O) groups is 2. The van der Waals surface area contributed by atoms with E-state index in [-0.39, 0.29) is 19.0 Å². The molecule has 0 spiro atoms. The van der Waals surface area contributed by atoms with Gasteiger partial charge in [0.2, 0.25) is 5.91 Å². The molecule has 1 fully saturated rings. The molecule has 26 heavy (non-hydrogen) atoms. The van der Waals surface area contributed by atoms with Crippen molar-refractivity contribution in [2.75, 3.05) is 32.7 Å². The number of piperazine rings is 1. The van der Waals surface area contributed by atoms with Gasteiger partial charge >= 0.3 is 6.03 Å². The van der Waals surface area contributed by atoms with E-state index in [1.807, 2.05) is 23.1 Å². The van der Waals surface area contributed by atoms with Gasteiger partial charge in [0.25, 0.3) is 0 Å². The van der Waals surface area contributed by atoms with Crippen LogP contribution in [0.2, 0.25) is 0 Å². The van der Waals surface area contributed by atoms with Crippen LogP contribution in [0.25, 0.3) is 0 Å². The van der Waals surface area contributed by atoms with Gasteiger partial charge in [0, 0.05) is 38.9 Å². The van der Waals surface area contributed by atoms with Crippen molar-refractivity contribution in [2.45, 2.75) is 13.1 Å². The average Bonchev–Trinajstić information content (AvgIpc) is 3.16. The maximum Gasteiger partial charge on any atom is 0.321 e. The van der Waals surface area contributed by atoms with Gasteiger partial charge in [0.1, 0.15) is 5.76 Å². The Kier molecular flexibility index (Phi) is 6.34. The average molecular weight is 357 g/mol. The van der Waals surface area contributed by atoms with Crippen LogP contribution in [0.1, 0.15) is 11.5 Å². The second-order valence-corrected chi connectivity index (χ2v) is 6.18. The molecular formula is C18H23N5O3. The second kappa shape index (κ2) is 9.12. The number of furan rings is 1. The lowest BCUT2D eigenvalue weighted by molar-refractivity contribution is -0.121. The molecule has 2 N–H and O–H groups in total. The molecule has 3 amide bonds. The van der Waals surface area contributed by atoms with Gasteiger partial charge in [-0.2, -0.15) is 0 Å². The molecule has 0 bridgehead atoms. The number of aromatic nitrogens is 1. The Balaban J connectivity index is 1.33. The molecule has 2 aromatic rings. The van der Waals surface area contributed by atoms with Crippen LogP contribution >= 0.6 is 0 Å². The van der Waals surface area contributed by atoms with E-state index < -0.39 is 6.03 Å². The molecule has 0 aliphatic carbocycles. The lowest BCUT2D eigenvalue weighted by Crippen LogP contribution is -2.50. The molecule has 138 valence electrons. The van der Waals surface area contributed by atoms with E-state index in [9.17, 15) is 9.59 Å². The first-order valence-electron chi connectivity index (χ1n) is 8.64. The van der Waals surface area contributed by atoms with Gasteiger partial charge < -0.3 is 9.73 Å². The van der Waals surface area contributed by atoms with E-state index in [2.05, 4.69) is 20.5 Å². The summed E-state index contributed by atoms with van der Waals surface area (Å²) in [6.45, 7) is 4.59. The Morgan fingerprint density at radius 1 is 1.08 bits per heavy atom. The van der Waals surface area contributed by atoms with Gasteiger partial charge in [-0.15, -0.1) is 0 Å². The number of carbonyl (C=O) groups excluding carboxylic acids is 2. The van der Waals surface area contributed by atoms with Crippen LogP contribution in [0.15, 0.2) is 47.2 Å². The molecule has 0 unspecified atom stereocenters. The maximum atomic E-state index is 12.0. The van der Waals surface area contributed by atoms with Crippen molar-refractivity contribution in [1.29, 1.82) is 0 Å². The fraction of sp³-hybridized carbons (Fsp3) is 0.389. The third-order valence-corrected chi connectivity index (χ3v) is 4.20. The predicted molar refractivity (Wildman–Crippen MR) is 95.0 cm³/mol. The summed E-state index contributed by atoms with van der Waals surface area (Å²) in [7, 11) is 0. The lowest BCUT2D eigenvalue weighted by Gasteiger charge is -2.33. The summed E-state index contributed by atoms with van der Waals surface area (Å²) in [5, 5.41) is 4.93. The Morgan fingerprint density at radius 3 is 2.58 bits per heavy atom. The molecule has 0 saturated carbocycles. The van der Waals surface area contributed by atoms with Gasteiger partial charge in [-0.1, -0.05) is 6.07 Å². The van der Waals surface area contributed by atoms with Crippen LogP contribution in [0, 0.1) is 0 Å². The highest BCUT2D eigenvalue weighted by Gasteiger charge is 2.20. The molecule has 8 nitrogen and oxygen atoms in total. The molecule has 0 atom stereocenters. The standard InChI is InChI=1S/C18H23N5O3/c24-17(21-18(25)20-12-16-5-3-11-26-16)14-23-9-7-22(8-10-23)13-15-4-1-2-6-19-15/h1-6,11H,7-10,12-14H2,(H2,20,21,24,25). The number of hydrogen-bond donors (Lipinski definition) is 2. The zero-order valence-corrected chi connectivity index (χ0v) is 14.6. The summed E-state index contributed by atoms with van der Waals surface area (Å²) in [6.07, 6.45) is 3.33. The van der Waals surface area contributed by atoms with Crippen LogP contribution in [-0.4, -0.2) is 59.4 Å². The minimum Gasteiger partial charge on any atom is -0.467 e. The van der Waals surface area contributed by atoms with E-state index in [1.54, 1.807) is 18.3 Å². The predicted octanol–water partition coefficient (Wildman–Crippen LogP) is 0.818. The minimum absolute atomic E-state index is 0.214. The van der Waals surface area contributed by atoms with Gasteiger partial charge in [0.05, 0.1) is 25.0 Å². The monoisotopic (exact) mass is 357 g/mol. The Morgan fingerprint density at radius 2 is 1.88 bits per heavy atom. The lowest BCUT2D eigenvalue weighted by atomic mass is 10.2. The maximum absolute atomic E-state index is 12.0. The van der Waals surface area contributed by atoms with Crippen molar-refractivity contribution in [3.8, 4) is 0 Å². The van der Waals surface area contributed by atoms with E-state index in [0.29, 0.717) is 5.76 Å². The smallest absolute Gasteiger partial charge is 0.321 e. The summed E-state index contributed by atoms with van der Waals surface area (Å²) in [5.41, 5.74) is 1.05. The first-order valence-corrected chi connectivity index (χ1v) is 8.64. The van der Waals surface area contributed by atoms with Gasteiger partial charge in [-0.3, -0.25) is 24.9 Å². The molecule has 8 heteroatoms. The topological polar surface area (TPSA) is 90.7 Å². The SMILES string of the molecule is O=C(CN1CCN(Cc2ccccn2)CC1)NC(=O)NCc1ccco1. The highest BCUT2D eigenvalue weighted by molar-refractivity contribution is 5.95. The zero-order chi connectivity index (χ0) is 18.2. The molecule has 2 aromatic heterocycles. The highest BCUT2D eigenvalue weighted by atomic mass is 16.3. The van der Waals surface area contributed by atoms with Crippen molar-refractivity contribution in [3.63, 3.8) is 0 Å². The van der Waals surface area contributed by atoms with Crippen LogP contribution in [0.3, 0.4) is 0 Å². The first kappa shape index (κ1) is 18.1. The third kappa shape index (κ3) is 5.68. The van der Waals surface area contributed by atoms with Gasteiger partial charge in [0.15, 0.2) is 0 Å². The number of hydrogen-bond acceptors (Lipinski definition) is 6. The summed E-state index contributed by atoms with van der Waals surface area (Å²) in [6, 6.07) is 8.89. The summed E-state index contributed by atoms with van der Waals surface area (Å²) < 4.78 is 5.12. The number of rotatable bonds is 6. The van der Waals surface area contributed by atoms with Crippen LogP contribution < -0.4 is 10.6 Å². The fourth-order valence-electron chi connectivity index (χ4n) is 2.82. The van der Waals surface area contributed by atoms with Gasteiger partial charge in [-0.05, 0) is 24.3 Å². The number of nitrogens with zero attached hydrogens (tertiary/aromatic N) is 3. The fourth-order valence-corrected chi connectivity index (χ4v) is 2.82. The first-order chi connectivity index (χ1) is 12.7. The number of nitrogens with one attached hydrogen (secondary N) is 2. The Bertz CT molecular complexity index is 697. The third-order valence-electron chi connectivity index (χ3n) is 4.20. The Labute approximate surface area is 152 Å². The zero-order valence-electron chi connectivity index (χ0n) is 14.6. The van der Waals surface area contributed by atoms with Crippen molar-refractivity contribution in [1.82, 2.24) is 25.4 Å². The number of urea groups is 1. The summed E-state index contributed by atoms with van der Waals surface area (Å²) in [4.78, 5) is 32.4. The van der Waals surface area contributed by atoms with E-state index in [4.69, 9.17) is 4.42 Å². The van der Waals surface area contributed by atoms with Crippen molar-refractivity contribution < 1.29 is 14.0 Å². The number of pyridine rings is 1. The molecule has 3 rings (SSSR count). The van der Waals surface area contributed by atoms with E-state index in [1.165, 1.54) is 6.26 Å². The quantitative estimate of drug-likeness (QED) is 0.795. The van der Waals surface area contributed by atoms with E-state index >= 15 is 0 Å². The highest BCUT2D eigenvalue weighted by Crippen LogP contribution is 2.06. The van der Waals surface area contributed by atoms with Crippen LogP contribution in [-0.2, 0) is 17.9 Å². The molecule has 1 aliphatic rings. The van der Waals surface area contributed by atoms with Crippen molar-refractivity contribution in [2.24, 2.45) is 0 Å².